The van der Waals surface area contributed by atoms with E-state index in [9.17, 15) is 9.59 Å². The summed E-state index contributed by atoms with van der Waals surface area (Å²) in [5, 5.41) is 8.75. The topological polar surface area (TPSA) is 80.0 Å². The van der Waals surface area contributed by atoms with Crippen LogP contribution in [0.2, 0.25) is 0 Å². The van der Waals surface area contributed by atoms with Crippen molar-refractivity contribution in [2.75, 3.05) is 13.2 Å². The van der Waals surface area contributed by atoms with Crippen LogP contribution in [0.1, 0.15) is 35.0 Å². The minimum atomic E-state index is -1.18. The molecular weight excluding hydrogens is 238 g/mol. The molecule has 6 heteroatoms. The fourth-order valence-corrected chi connectivity index (χ4v) is 1.90. The van der Waals surface area contributed by atoms with Gasteiger partial charge in [-0.25, -0.2) is 4.79 Å². The number of nitrogens with zero attached hydrogens (tertiary/aromatic N) is 1. The van der Waals surface area contributed by atoms with Gasteiger partial charge in [-0.05, 0) is 26.0 Å². The summed E-state index contributed by atoms with van der Waals surface area (Å²) in [4.78, 5) is 24.5. The Balaban J connectivity index is 2.16. The number of carbonyl (C=O) groups excluding carboxylic acids is 1. The Bertz CT molecular complexity index is 467. The average Bonchev–Trinajstić information content (AvgIpc) is 2.81. The zero-order chi connectivity index (χ0) is 13.3. The van der Waals surface area contributed by atoms with Gasteiger partial charge in [-0.3, -0.25) is 4.79 Å². The number of furan rings is 1. The zero-order valence-corrected chi connectivity index (χ0v) is 10.3. The van der Waals surface area contributed by atoms with Gasteiger partial charge in [-0.15, -0.1) is 0 Å². The van der Waals surface area contributed by atoms with Crippen LogP contribution in [0.25, 0.3) is 0 Å². The van der Waals surface area contributed by atoms with E-state index >= 15 is 0 Å². The second-order valence-electron chi connectivity index (χ2n) is 4.42. The van der Waals surface area contributed by atoms with Gasteiger partial charge in [0.05, 0.1) is 18.8 Å². The molecule has 0 aromatic carbocycles. The highest BCUT2D eigenvalue weighted by Gasteiger charge is 2.30. The molecule has 0 aliphatic carbocycles. The second-order valence-corrected chi connectivity index (χ2v) is 4.42. The smallest absolute Gasteiger partial charge is 0.371 e. The maximum absolute atomic E-state index is 12.2. The molecule has 6 nitrogen and oxygen atoms in total. The van der Waals surface area contributed by atoms with Gasteiger partial charge in [0.15, 0.2) is 5.76 Å². The van der Waals surface area contributed by atoms with Crippen LogP contribution in [-0.4, -0.2) is 47.2 Å². The summed E-state index contributed by atoms with van der Waals surface area (Å²) in [5.74, 6) is -1.66. The van der Waals surface area contributed by atoms with Crippen molar-refractivity contribution >= 4 is 11.9 Å². The average molecular weight is 253 g/mol. The molecule has 2 heterocycles. The third kappa shape index (κ3) is 2.38. The predicted molar refractivity (Wildman–Crippen MR) is 61.6 cm³/mol. The first-order chi connectivity index (χ1) is 8.49. The molecule has 98 valence electrons. The van der Waals surface area contributed by atoms with Crippen LogP contribution >= 0.6 is 0 Å². The van der Waals surface area contributed by atoms with E-state index < -0.39 is 5.97 Å². The largest absolute Gasteiger partial charge is 0.475 e. The molecule has 1 fully saturated rings. The summed E-state index contributed by atoms with van der Waals surface area (Å²) in [5.41, 5.74) is 0. The molecule has 2 rings (SSSR count). The van der Waals surface area contributed by atoms with Crippen molar-refractivity contribution in [2.24, 2.45) is 0 Å². The van der Waals surface area contributed by atoms with Crippen LogP contribution in [-0.2, 0) is 4.74 Å². The first-order valence-electron chi connectivity index (χ1n) is 5.74. The van der Waals surface area contributed by atoms with Gasteiger partial charge in [0.25, 0.3) is 5.91 Å². The lowest BCUT2D eigenvalue weighted by molar-refractivity contribution is -0.0396. The summed E-state index contributed by atoms with van der Waals surface area (Å²) < 4.78 is 10.4. The summed E-state index contributed by atoms with van der Waals surface area (Å²) in [6.07, 6.45) is -0.0287. The van der Waals surface area contributed by atoms with Gasteiger partial charge < -0.3 is 19.2 Å². The summed E-state index contributed by atoms with van der Waals surface area (Å²) >= 11 is 0. The number of carboxylic acid groups (broad SMARTS) is 1. The normalized spacial score (nSPS) is 24.0. The molecular formula is C12H15NO5. The van der Waals surface area contributed by atoms with Gasteiger partial charge in [0.2, 0.25) is 5.76 Å². The third-order valence-electron chi connectivity index (χ3n) is 2.90. The highest BCUT2D eigenvalue weighted by molar-refractivity contribution is 5.93. The van der Waals surface area contributed by atoms with Gasteiger partial charge >= 0.3 is 5.97 Å². The Kier molecular flexibility index (Phi) is 3.38. The number of amides is 1. The first-order valence-corrected chi connectivity index (χ1v) is 5.74. The number of hydrogen-bond acceptors (Lipinski definition) is 4. The third-order valence-corrected chi connectivity index (χ3v) is 2.90. The molecule has 1 amide bonds. The Morgan fingerprint density at radius 1 is 1.33 bits per heavy atom. The molecule has 0 radical (unpaired) electrons. The number of carboxylic acids is 1. The number of hydrogen-bond donors (Lipinski definition) is 1. The first kappa shape index (κ1) is 12.6. The molecule has 1 aromatic heterocycles. The Labute approximate surface area is 104 Å². The number of aromatic carboxylic acids is 1. The lowest BCUT2D eigenvalue weighted by Gasteiger charge is -2.36. The molecule has 18 heavy (non-hydrogen) atoms. The van der Waals surface area contributed by atoms with E-state index in [0.29, 0.717) is 13.2 Å². The highest BCUT2D eigenvalue weighted by Crippen LogP contribution is 2.17. The van der Waals surface area contributed by atoms with E-state index in [-0.39, 0.29) is 29.6 Å². The Hall–Kier alpha value is -1.82. The number of ether oxygens (including phenoxy) is 1. The number of carbonyl (C=O) groups is 2. The van der Waals surface area contributed by atoms with Crippen LogP contribution in [0.4, 0.5) is 0 Å². The van der Waals surface area contributed by atoms with E-state index in [1.165, 1.54) is 12.1 Å². The second kappa shape index (κ2) is 4.81. The van der Waals surface area contributed by atoms with Crippen molar-refractivity contribution in [3.63, 3.8) is 0 Å². The summed E-state index contributed by atoms with van der Waals surface area (Å²) in [6.45, 7) is 4.71. The van der Waals surface area contributed by atoms with E-state index in [2.05, 4.69) is 0 Å². The van der Waals surface area contributed by atoms with E-state index in [1.807, 2.05) is 13.8 Å². The van der Waals surface area contributed by atoms with E-state index in [4.69, 9.17) is 14.3 Å². The van der Waals surface area contributed by atoms with Crippen LogP contribution in [0.3, 0.4) is 0 Å². The molecule has 1 aliphatic heterocycles. The summed E-state index contributed by atoms with van der Waals surface area (Å²) in [7, 11) is 0. The molecule has 1 aromatic rings. The van der Waals surface area contributed by atoms with Crippen LogP contribution in [0, 0.1) is 0 Å². The SMILES string of the molecule is CC1CN(C(=O)c2ccc(C(=O)O)o2)C(C)CO1. The molecule has 0 saturated carbocycles. The van der Waals surface area contributed by atoms with Gasteiger partial charge in [0, 0.05) is 6.54 Å². The number of morpholine rings is 1. The fourth-order valence-electron chi connectivity index (χ4n) is 1.90. The Morgan fingerprint density at radius 3 is 2.61 bits per heavy atom. The van der Waals surface area contributed by atoms with Crippen molar-refractivity contribution in [3.05, 3.63) is 23.7 Å². The van der Waals surface area contributed by atoms with Gasteiger partial charge in [-0.2, -0.15) is 0 Å². The van der Waals surface area contributed by atoms with Crippen LogP contribution < -0.4 is 0 Å². The highest BCUT2D eigenvalue weighted by atomic mass is 16.5. The van der Waals surface area contributed by atoms with E-state index in [0.717, 1.165) is 0 Å². The molecule has 1 N–H and O–H groups in total. The minimum Gasteiger partial charge on any atom is -0.475 e. The van der Waals surface area contributed by atoms with Crippen molar-refractivity contribution < 1.29 is 23.8 Å². The molecule has 0 spiro atoms. The predicted octanol–water partition coefficient (Wildman–Crippen LogP) is 1.23. The maximum atomic E-state index is 12.2. The molecule has 0 bridgehead atoms. The molecule has 2 atom stereocenters. The van der Waals surface area contributed by atoms with Crippen molar-refractivity contribution in [1.29, 1.82) is 0 Å². The Morgan fingerprint density at radius 2 is 2.00 bits per heavy atom. The standard InChI is InChI=1S/C12H15NO5/c1-7-6-17-8(2)5-13(7)11(14)9-3-4-10(18-9)12(15)16/h3-4,7-8H,5-6H2,1-2H3,(H,15,16). The van der Waals surface area contributed by atoms with Crippen molar-refractivity contribution in [1.82, 2.24) is 4.90 Å². The minimum absolute atomic E-state index is 0.0287. The van der Waals surface area contributed by atoms with Crippen molar-refractivity contribution in [2.45, 2.75) is 26.0 Å². The quantitative estimate of drug-likeness (QED) is 0.857. The fraction of sp³-hybridized carbons (Fsp3) is 0.500. The molecule has 1 aliphatic rings. The van der Waals surface area contributed by atoms with Gasteiger partial charge in [0.1, 0.15) is 0 Å². The monoisotopic (exact) mass is 253 g/mol. The van der Waals surface area contributed by atoms with Crippen LogP contribution in [0.5, 0.6) is 0 Å². The maximum Gasteiger partial charge on any atom is 0.371 e. The van der Waals surface area contributed by atoms with E-state index in [1.54, 1.807) is 4.90 Å². The summed E-state index contributed by atoms with van der Waals surface area (Å²) in [6, 6.07) is 2.62. The molecule has 2 unspecified atom stereocenters. The lowest BCUT2D eigenvalue weighted by atomic mass is 10.2. The van der Waals surface area contributed by atoms with Gasteiger partial charge in [-0.1, -0.05) is 0 Å². The zero-order valence-electron chi connectivity index (χ0n) is 10.3. The number of rotatable bonds is 2. The molecule has 1 saturated heterocycles. The van der Waals surface area contributed by atoms with Crippen molar-refractivity contribution in [3.8, 4) is 0 Å². The lowest BCUT2D eigenvalue weighted by Crippen LogP contribution is -2.50. The van der Waals surface area contributed by atoms with Crippen LogP contribution in [0.15, 0.2) is 16.5 Å².